The average molecular weight is 473 g/mol. The third-order valence-electron chi connectivity index (χ3n) is 5.11. The zero-order valence-corrected chi connectivity index (χ0v) is 20.3. The maximum atomic E-state index is 13.0. The summed E-state index contributed by atoms with van der Waals surface area (Å²) in [6, 6.07) is 15.4. The number of esters is 1. The lowest BCUT2D eigenvalue weighted by Gasteiger charge is -2.14. The Labute approximate surface area is 202 Å². The number of thiophene rings is 1. The molecule has 0 unspecified atom stereocenters. The summed E-state index contributed by atoms with van der Waals surface area (Å²) < 4.78 is 10.9. The number of nitriles is 2. The van der Waals surface area contributed by atoms with Crippen LogP contribution in [0.15, 0.2) is 42.0 Å². The van der Waals surface area contributed by atoms with Crippen LogP contribution in [0.4, 0.5) is 0 Å². The molecule has 0 saturated carbocycles. The largest absolute Gasteiger partial charge is 0.490 e. The summed E-state index contributed by atoms with van der Waals surface area (Å²) in [5.41, 5.74) is 1.45. The van der Waals surface area contributed by atoms with Gasteiger partial charge >= 0.3 is 5.97 Å². The molecule has 0 saturated heterocycles. The van der Waals surface area contributed by atoms with Gasteiger partial charge in [0.15, 0.2) is 5.78 Å². The van der Waals surface area contributed by atoms with Crippen LogP contribution in [-0.2, 0) is 16.0 Å². The summed E-state index contributed by atoms with van der Waals surface area (Å²) in [5, 5.41) is 21.0. The zero-order valence-electron chi connectivity index (χ0n) is 19.5. The number of carbonyl (C=O) groups excluding carboxylic acids is 2. The number of benzene rings is 2. The van der Waals surface area contributed by atoms with E-state index >= 15 is 0 Å². The van der Waals surface area contributed by atoms with Crippen LogP contribution in [0.5, 0.6) is 5.75 Å². The van der Waals surface area contributed by atoms with Crippen molar-refractivity contribution in [3.05, 3.63) is 68.4 Å². The molecule has 0 aliphatic carbocycles. The molecule has 3 rings (SSSR count). The molecule has 0 fully saturated rings. The van der Waals surface area contributed by atoms with Crippen LogP contribution < -0.4 is 4.74 Å². The number of fused-ring (bicyclic) bond motifs is 1. The number of allylic oxidation sites excluding steroid dienone is 1. The van der Waals surface area contributed by atoms with Gasteiger partial charge in [0, 0.05) is 16.7 Å². The number of ether oxygens (including phenoxy) is 2. The molecule has 0 amide bonds. The monoisotopic (exact) mass is 472 g/mol. The Bertz CT molecular complexity index is 1370. The van der Waals surface area contributed by atoms with Gasteiger partial charge < -0.3 is 9.47 Å². The van der Waals surface area contributed by atoms with Gasteiger partial charge in [-0.1, -0.05) is 30.3 Å². The van der Waals surface area contributed by atoms with Crippen LogP contribution in [0.3, 0.4) is 0 Å². The maximum Gasteiger partial charge on any atom is 0.348 e. The lowest BCUT2D eigenvalue weighted by molar-refractivity contribution is -0.114. The fraction of sp³-hybridized carbons (Fsp3) is 0.259. The average Bonchev–Trinajstić information content (AvgIpc) is 3.13. The van der Waals surface area contributed by atoms with E-state index in [1.165, 1.54) is 0 Å². The lowest BCUT2D eigenvalue weighted by Crippen LogP contribution is -2.06. The van der Waals surface area contributed by atoms with Crippen molar-refractivity contribution in [3.63, 3.8) is 0 Å². The molecule has 172 valence electrons. The van der Waals surface area contributed by atoms with Crippen molar-refractivity contribution < 1.29 is 19.1 Å². The van der Waals surface area contributed by atoms with Gasteiger partial charge in [0.2, 0.25) is 0 Å². The SMILES string of the molecule is CCOC(=O)c1sc(CC(=O)/C(C#N)=C/c2ccc(OC(C)C)c3ccccc23)c(C#N)c1C. The fourth-order valence-electron chi connectivity index (χ4n) is 3.58. The van der Waals surface area contributed by atoms with Crippen LogP contribution in [0.2, 0.25) is 0 Å². The van der Waals surface area contributed by atoms with Gasteiger partial charge in [0.25, 0.3) is 0 Å². The maximum absolute atomic E-state index is 13.0. The Morgan fingerprint density at radius 2 is 1.82 bits per heavy atom. The minimum absolute atomic E-state index is 0.00382. The van der Waals surface area contributed by atoms with E-state index in [9.17, 15) is 20.1 Å². The van der Waals surface area contributed by atoms with E-state index in [4.69, 9.17) is 9.47 Å². The topological polar surface area (TPSA) is 100 Å². The van der Waals surface area contributed by atoms with E-state index in [-0.39, 0.29) is 30.3 Å². The molecule has 1 heterocycles. The molecule has 0 N–H and O–H groups in total. The summed E-state index contributed by atoms with van der Waals surface area (Å²) in [7, 11) is 0. The minimum Gasteiger partial charge on any atom is -0.490 e. The number of carbonyl (C=O) groups is 2. The van der Waals surface area contributed by atoms with Crippen LogP contribution in [0.1, 0.15) is 52.0 Å². The molecule has 0 spiro atoms. The Balaban J connectivity index is 1.98. The highest BCUT2D eigenvalue weighted by Gasteiger charge is 2.23. The Morgan fingerprint density at radius 3 is 2.44 bits per heavy atom. The van der Waals surface area contributed by atoms with E-state index in [0.717, 1.165) is 27.9 Å². The third kappa shape index (κ3) is 5.17. The molecule has 6 nitrogen and oxygen atoms in total. The van der Waals surface area contributed by atoms with Gasteiger partial charge in [-0.25, -0.2) is 4.79 Å². The molecule has 7 heteroatoms. The van der Waals surface area contributed by atoms with E-state index in [1.54, 1.807) is 19.9 Å². The van der Waals surface area contributed by atoms with Crippen molar-refractivity contribution in [1.82, 2.24) is 0 Å². The summed E-state index contributed by atoms with van der Waals surface area (Å²) >= 11 is 1.06. The zero-order chi connectivity index (χ0) is 24.8. The van der Waals surface area contributed by atoms with Crippen molar-refractivity contribution in [2.24, 2.45) is 0 Å². The molecular weight excluding hydrogens is 448 g/mol. The first-order valence-corrected chi connectivity index (χ1v) is 11.6. The Hall–Kier alpha value is -3.94. The van der Waals surface area contributed by atoms with Crippen molar-refractivity contribution in [1.29, 1.82) is 10.5 Å². The second-order valence-corrected chi connectivity index (χ2v) is 8.93. The lowest BCUT2D eigenvalue weighted by atomic mass is 9.99. The molecule has 34 heavy (non-hydrogen) atoms. The molecular formula is C27H24N2O4S. The normalized spacial score (nSPS) is 11.2. The number of hydrogen-bond donors (Lipinski definition) is 0. The fourth-order valence-corrected chi connectivity index (χ4v) is 4.73. The van der Waals surface area contributed by atoms with Crippen molar-refractivity contribution in [3.8, 4) is 17.9 Å². The van der Waals surface area contributed by atoms with Crippen LogP contribution >= 0.6 is 11.3 Å². The van der Waals surface area contributed by atoms with Crippen molar-refractivity contribution >= 4 is 39.9 Å². The minimum atomic E-state index is -0.522. The first-order chi connectivity index (χ1) is 16.3. The standard InChI is InChI=1S/C27H24N2O4S/c1-5-32-27(31)26-17(4)22(15-29)25(34-26)13-23(30)19(14-28)12-18-10-11-24(33-16(2)3)21-9-7-6-8-20(18)21/h6-12,16H,5,13H2,1-4H3/b19-12+. The van der Waals surface area contributed by atoms with Gasteiger partial charge in [-0.05, 0) is 56.4 Å². The molecule has 0 radical (unpaired) electrons. The third-order valence-corrected chi connectivity index (χ3v) is 6.39. The smallest absolute Gasteiger partial charge is 0.348 e. The summed E-state index contributed by atoms with van der Waals surface area (Å²) in [4.78, 5) is 26.0. The number of Topliss-reactive ketones (excluding diaryl/α,β-unsaturated/α-hetero) is 1. The van der Waals surface area contributed by atoms with Crippen molar-refractivity contribution in [2.75, 3.05) is 6.61 Å². The Morgan fingerprint density at radius 1 is 1.12 bits per heavy atom. The predicted molar refractivity (Wildman–Crippen MR) is 132 cm³/mol. The van der Waals surface area contributed by atoms with Crippen LogP contribution in [0.25, 0.3) is 16.8 Å². The summed E-state index contributed by atoms with van der Waals surface area (Å²) in [6.07, 6.45) is 1.41. The first-order valence-electron chi connectivity index (χ1n) is 10.8. The summed E-state index contributed by atoms with van der Waals surface area (Å²) in [6.45, 7) is 7.46. The van der Waals surface area contributed by atoms with E-state index in [2.05, 4.69) is 6.07 Å². The summed E-state index contributed by atoms with van der Waals surface area (Å²) in [5.74, 6) is -0.222. The highest BCUT2D eigenvalue weighted by Crippen LogP contribution is 2.32. The quantitative estimate of drug-likeness (QED) is 0.235. The molecule has 3 aromatic rings. The molecule has 0 bridgehead atoms. The molecule has 0 aliphatic heterocycles. The van der Waals surface area contributed by atoms with Crippen LogP contribution in [-0.4, -0.2) is 24.5 Å². The van der Waals surface area contributed by atoms with Crippen LogP contribution in [0, 0.1) is 29.6 Å². The second kappa shape index (κ2) is 10.8. The van der Waals surface area contributed by atoms with Gasteiger partial charge in [-0.3, -0.25) is 4.79 Å². The Kier molecular flexibility index (Phi) is 7.83. The predicted octanol–water partition coefficient (Wildman–Crippen LogP) is 5.76. The number of hydrogen-bond acceptors (Lipinski definition) is 7. The highest BCUT2D eigenvalue weighted by atomic mass is 32.1. The van der Waals surface area contributed by atoms with Gasteiger partial charge in [-0.15, -0.1) is 11.3 Å². The molecule has 1 aromatic heterocycles. The van der Waals surface area contributed by atoms with E-state index < -0.39 is 11.8 Å². The van der Waals surface area contributed by atoms with Gasteiger partial charge in [0.1, 0.15) is 22.8 Å². The highest BCUT2D eigenvalue weighted by molar-refractivity contribution is 7.14. The number of ketones is 1. The molecule has 0 aliphatic rings. The number of rotatable bonds is 8. The second-order valence-electron chi connectivity index (χ2n) is 7.82. The van der Waals surface area contributed by atoms with Gasteiger partial charge in [-0.2, -0.15) is 10.5 Å². The van der Waals surface area contributed by atoms with E-state index in [1.807, 2.05) is 56.3 Å². The number of nitrogens with zero attached hydrogens (tertiary/aromatic N) is 2. The van der Waals surface area contributed by atoms with Crippen molar-refractivity contribution in [2.45, 2.75) is 40.2 Å². The molecule has 0 atom stereocenters. The van der Waals surface area contributed by atoms with Gasteiger partial charge in [0.05, 0.1) is 23.8 Å². The first kappa shape index (κ1) is 24.7. The molecule has 2 aromatic carbocycles. The van der Waals surface area contributed by atoms with E-state index in [0.29, 0.717) is 20.9 Å².